The van der Waals surface area contributed by atoms with Gasteiger partial charge in [0.25, 0.3) is 0 Å². The van der Waals surface area contributed by atoms with E-state index in [0.29, 0.717) is 29.3 Å². The van der Waals surface area contributed by atoms with E-state index in [1.807, 2.05) is 6.92 Å². The number of hydrogen-bond donors (Lipinski definition) is 1. The Labute approximate surface area is 240 Å². The predicted molar refractivity (Wildman–Crippen MR) is 149 cm³/mol. The number of nitro groups is 1. The minimum absolute atomic E-state index is 0.157. The van der Waals surface area contributed by atoms with E-state index >= 15 is 4.39 Å². The van der Waals surface area contributed by atoms with E-state index in [4.69, 9.17) is 9.47 Å². The van der Waals surface area contributed by atoms with Gasteiger partial charge in [0.1, 0.15) is 23.7 Å². The molecule has 2 atom stereocenters. The summed E-state index contributed by atoms with van der Waals surface area (Å²) in [6, 6.07) is 4.76. The number of hydrogen-bond acceptors (Lipinski definition) is 10. The molecule has 2 aromatic heterocycles. The molecule has 3 aromatic rings. The molecule has 220 valence electrons. The van der Waals surface area contributed by atoms with Crippen LogP contribution in [0.25, 0.3) is 11.1 Å². The molecule has 1 N–H and O–H groups in total. The molecule has 1 saturated heterocycles. The molecule has 6 rings (SSSR count). The number of carbonyl (C=O) groups is 1. The van der Waals surface area contributed by atoms with Crippen LogP contribution in [0.1, 0.15) is 32.6 Å². The van der Waals surface area contributed by atoms with Gasteiger partial charge in [-0.05, 0) is 55.7 Å². The van der Waals surface area contributed by atoms with Crippen LogP contribution in [0.15, 0.2) is 48.4 Å². The SMILES string of the molecule is C[C@@]1(CCC2=CCCN(c3ncc(-c4ccc(N5C[C@H](CO)OC5=O)cc4F)cn3)CC2)Cn2cc([N+](=O)[O-])nc2O1. The Balaban J connectivity index is 1.03. The third-order valence-corrected chi connectivity index (χ3v) is 7.84. The van der Waals surface area contributed by atoms with Crippen LogP contribution in [-0.2, 0) is 11.3 Å². The van der Waals surface area contributed by atoms with Crippen LogP contribution in [0.2, 0.25) is 0 Å². The Kier molecular flexibility index (Phi) is 7.22. The summed E-state index contributed by atoms with van der Waals surface area (Å²) in [5, 5.41) is 20.2. The zero-order valence-electron chi connectivity index (χ0n) is 23.0. The number of cyclic esters (lactones) is 1. The number of aromatic nitrogens is 4. The summed E-state index contributed by atoms with van der Waals surface area (Å²) in [6.45, 7) is 3.86. The number of rotatable bonds is 8. The molecule has 13 nitrogen and oxygen atoms in total. The van der Waals surface area contributed by atoms with Gasteiger partial charge in [0.2, 0.25) is 5.95 Å². The average molecular weight is 580 g/mol. The molecule has 1 fully saturated rings. The first-order chi connectivity index (χ1) is 20.2. The maximum Gasteiger partial charge on any atom is 0.414 e. The minimum atomic E-state index is -0.629. The Morgan fingerprint density at radius 3 is 2.76 bits per heavy atom. The van der Waals surface area contributed by atoms with Crippen molar-refractivity contribution in [1.29, 1.82) is 0 Å². The topological polar surface area (TPSA) is 149 Å². The highest BCUT2D eigenvalue weighted by Gasteiger charge is 2.40. The molecule has 14 heteroatoms. The third-order valence-electron chi connectivity index (χ3n) is 7.84. The number of amides is 1. The molecule has 3 aliphatic rings. The summed E-state index contributed by atoms with van der Waals surface area (Å²) >= 11 is 0. The van der Waals surface area contributed by atoms with Crippen molar-refractivity contribution in [3.63, 3.8) is 0 Å². The molecule has 1 aromatic carbocycles. The Bertz CT molecular complexity index is 1520. The molecule has 0 radical (unpaired) electrons. The van der Waals surface area contributed by atoms with Crippen molar-refractivity contribution < 1.29 is 28.7 Å². The minimum Gasteiger partial charge on any atom is -0.441 e. The van der Waals surface area contributed by atoms with Gasteiger partial charge in [-0.15, -0.1) is 0 Å². The van der Waals surface area contributed by atoms with Crippen molar-refractivity contribution in [1.82, 2.24) is 19.5 Å². The third kappa shape index (κ3) is 5.49. The molecule has 5 heterocycles. The molecular formula is C28H30FN7O6. The summed E-state index contributed by atoms with van der Waals surface area (Å²) < 4.78 is 27.7. The highest BCUT2D eigenvalue weighted by atomic mass is 19.1. The summed E-state index contributed by atoms with van der Waals surface area (Å²) in [5.41, 5.74) is 2.02. The number of nitrogens with zero attached hydrogens (tertiary/aromatic N) is 7. The first kappa shape index (κ1) is 27.6. The summed E-state index contributed by atoms with van der Waals surface area (Å²) in [6.07, 6.45) is 8.86. The fourth-order valence-electron chi connectivity index (χ4n) is 5.54. The van der Waals surface area contributed by atoms with Gasteiger partial charge in [0, 0.05) is 41.6 Å². The standard InChI is InChI=1S/C28H30FN7O6/c1-28(17-34-15-24(36(39)40)32-26(34)42-28)8-6-18-3-2-9-33(10-7-18)25-30-12-19(13-31-25)22-5-4-20(11-23(22)29)35-14-21(16-37)41-27(35)38/h3-5,11-13,15,21,37H,2,6-10,14,16-17H2,1H3/t21-,28-/m1/s1. The van der Waals surface area contributed by atoms with Crippen molar-refractivity contribution in [3.8, 4) is 17.1 Å². The number of imidazole rings is 1. The molecule has 3 aliphatic heterocycles. The first-order valence-electron chi connectivity index (χ1n) is 13.8. The molecule has 0 saturated carbocycles. The van der Waals surface area contributed by atoms with Crippen LogP contribution >= 0.6 is 0 Å². The number of carbonyl (C=O) groups excluding carboxylic acids is 1. The number of fused-ring (bicyclic) bond motifs is 1. The lowest BCUT2D eigenvalue weighted by Gasteiger charge is -2.23. The zero-order valence-corrected chi connectivity index (χ0v) is 23.0. The number of benzene rings is 1. The largest absolute Gasteiger partial charge is 0.441 e. The highest BCUT2D eigenvalue weighted by Crippen LogP contribution is 2.35. The number of aliphatic hydroxyl groups is 1. The maximum atomic E-state index is 15.0. The second kappa shape index (κ2) is 11.0. The van der Waals surface area contributed by atoms with Crippen molar-refractivity contribution in [2.24, 2.45) is 0 Å². The fourth-order valence-corrected chi connectivity index (χ4v) is 5.54. The normalized spacial score (nSPS) is 21.9. The van der Waals surface area contributed by atoms with Crippen molar-refractivity contribution in [2.75, 3.05) is 36.0 Å². The van der Waals surface area contributed by atoms with Crippen LogP contribution in [0.5, 0.6) is 6.01 Å². The van der Waals surface area contributed by atoms with Crippen LogP contribution in [0, 0.1) is 15.9 Å². The van der Waals surface area contributed by atoms with Crippen LogP contribution in [0.3, 0.4) is 0 Å². The van der Waals surface area contributed by atoms with E-state index in [1.54, 1.807) is 29.1 Å². The molecule has 0 aliphatic carbocycles. The van der Waals surface area contributed by atoms with E-state index in [1.165, 1.54) is 22.7 Å². The zero-order chi connectivity index (χ0) is 29.4. The lowest BCUT2D eigenvalue weighted by molar-refractivity contribution is -0.389. The second-order valence-electron chi connectivity index (χ2n) is 10.9. The second-order valence-corrected chi connectivity index (χ2v) is 10.9. The summed E-state index contributed by atoms with van der Waals surface area (Å²) in [7, 11) is 0. The van der Waals surface area contributed by atoms with E-state index in [0.717, 1.165) is 38.8 Å². The predicted octanol–water partition coefficient (Wildman–Crippen LogP) is 3.86. The average Bonchev–Trinajstić information content (AvgIpc) is 3.57. The summed E-state index contributed by atoms with van der Waals surface area (Å²) in [4.78, 5) is 38.8. The van der Waals surface area contributed by atoms with Crippen LogP contribution < -0.4 is 14.5 Å². The number of halogens is 1. The molecule has 1 amide bonds. The molecular weight excluding hydrogens is 549 g/mol. The Hall–Kier alpha value is -4.59. The summed E-state index contributed by atoms with van der Waals surface area (Å²) in [5.74, 6) is -0.159. The van der Waals surface area contributed by atoms with Gasteiger partial charge in [-0.3, -0.25) is 9.47 Å². The Morgan fingerprint density at radius 1 is 1.26 bits per heavy atom. The number of aliphatic hydroxyl groups excluding tert-OH is 1. The van der Waals surface area contributed by atoms with Crippen molar-refractivity contribution in [2.45, 2.75) is 50.9 Å². The lowest BCUT2D eigenvalue weighted by atomic mass is 9.95. The van der Waals surface area contributed by atoms with Crippen molar-refractivity contribution in [3.05, 3.63) is 64.4 Å². The van der Waals surface area contributed by atoms with Gasteiger partial charge in [-0.1, -0.05) is 11.6 Å². The van der Waals surface area contributed by atoms with Gasteiger partial charge in [-0.25, -0.2) is 19.2 Å². The lowest BCUT2D eigenvalue weighted by Crippen LogP contribution is -2.31. The van der Waals surface area contributed by atoms with Crippen LogP contribution in [-0.4, -0.2) is 73.6 Å². The molecule has 0 spiro atoms. The molecule has 0 bridgehead atoms. The van der Waals surface area contributed by atoms with E-state index in [9.17, 15) is 20.0 Å². The molecule has 0 unspecified atom stereocenters. The number of anilines is 2. The van der Waals surface area contributed by atoms with Crippen LogP contribution in [0.4, 0.5) is 26.6 Å². The van der Waals surface area contributed by atoms with Gasteiger partial charge in [0.05, 0.1) is 25.4 Å². The Morgan fingerprint density at radius 2 is 2.07 bits per heavy atom. The van der Waals surface area contributed by atoms with E-state index in [2.05, 4.69) is 25.9 Å². The first-order valence-corrected chi connectivity index (χ1v) is 13.8. The van der Waals surface area contributed by atoms with E-state index < -0.39 is 28.5 Å². The van der Waals surface area contributed by atoms with E-state index in [-0.39, 0.29) is 25.0 Å². The van der Waals surface area contributed by atoms with Crippen molar-refractivity contribution >= 4 is 23.5 Å². The maximum absolute atomic E-state index is 15.0. The van der Waals surface area contributed by atoms with Gasteiger partial charge in [-0.2, -0.15) is 0 Å². The molecule has 42 heavy (non-hydrogen) atoms. The van der Waals surface area contributed by atoms with Gasteiger partial charge in [0.15, 0.2) is 0 Å². The quantitative estimate of drug-likeness (QED) is 0.237. The van der Waals surface area contributed by atoms with Gasteiger partial charge >= 0.3 is 17.9 Å². The monoisotopic (exact) mass is 579 g/mol. The fraction of sp³-hybridized carbons (Fsp3) is 0.429. The van der Waals surface area contributed by atoms with Gasteiger partial charge < -0.3 is 29.6 Å². The highest BCUT2D eigenvalue weighted by molar-refractivity contribution is 5.90. The smallest absolute Gasteiger partial charge is 0.414 e. The number of ether oxygens (including phenoxy) is 2.